The van der Waals surface area contributed by atoms with Crippen LogP contribution in [0.1, 0.15) is 13.8 Å². The maximum Gasteiger partial charge on any atom is 0.0107 e. The quantitative estimate of drug-likeness (QED) is 0.508. The lowest BCUT2D eigenvalue weighted by Gasteiger charge is -2.28. The molecule has 0 amide bonds. The van der Waals surface area contributed by atoms with Gasteiger partial charge in [0.1, 0.15) is 0 Å². The van der Waals surface area contributed by atoms with Crippen LogP contribution < -0.4 is 0 Å². The van der Waals surface area contributed by atoms with E-state index in [1.807, 2.05) is 26.0 Å². The predicted octanol–water partition coefficient (Wildman–Crippen LogP) is 1.45. The molecule has 0 aliphatic carbocycles. The Bertz CT molecular complexity index is 99.0. The Morgan fingerprint density at radius 2 is 1.00 bits per heavy atom. The first kappa shape index (κ1) is 11.7. The maximum atomic E-state index is 2.36. The van der Waals surface area contributed by atoms with Crippen LogP contribution in [0.3, 0.4) is 0 Å². The van der Waals surface area contributed by atoms with E-state index >= 15 is 0 Å². The average molecular weight is 170 g/mol. The van der Waals surface area contributed by atoms with Crippen molar-refractivity contribution >= 4 is 0 Å². The first-order valence-corrected chi connectivity index (χ1v) is 4.65. The lowest BCUT2D eigenvalue weighted by Crippen LogP contribution is -2.42. The Hall–Kier alpha value is -0.340. The molecule has 1 aliphatic heterocycles. The van der Waals surface area contributed by atoms with Gasteiger partial charge in [-0.25, -0.2) is 0 Å². The third kappa shape index (κ3) is 6.38. The molecule has 1 aliphatic rings. The van der Waals surface area contributed by atoms with Gasteiger partial charge in [-0.3, -0.25) is 0 Å². The number of likely N-dealkylation sites (N-methyl/N-ethyl adjacent to an activating group) is 2. The second-order valence-electron chi connectivity index (χ2n) is 3.27. The predicted molar refractivity (Wildman–Crippen MR) is 55.5 cm³/mol. The summed E-state index contributed by atoms with van der Waals surface area (Å²) in [5.74, 6) is 0. The van der Waals surface area contributed by atoms with Crippen LogP contribution in [-0.4, -0.2) is 50.1 Å². The molecule has 1 rings (SSSR count). The van der Waals surface area contributed by atoms with Crippen molar-refractivity contribution in [1.29, 1.82) is 0 Å². The highest BCUT2D eigenvalue weighted by Crippen LogP contribution is 1.93. The van der Waals surface area contributed by atoms with E-state index in [4.69, 9.17) is 0 Å². The Kier molecular flexibility index (Phi) is 7.11. The number of nitrogens with zero attached hydrogens (tertiary/aromatic N) is 2. The average Bonchev–Trinajstić information content (AvgIpc) is 2.11. The molecule has 2 nitrogen and oxygen atoms in total. The molecular formula is C10H22N2. The number of piperazine rings is 1. The van der Waals surface area contributed by atoms with E-state index in [0.29, 0.717) is 0 Å². The van der Waals surface area contributed by atoms with Crippen molar-refractivity contribution in [3.05, 3.63) is 12.2 Å². The summed E-state index contributed by atoms with van der Waals surface area (Å²) in [6.07, 6.45) is 4.00. The largest absolute Gasteiger partial charge is 0.304 e. The molecule has 0 N–H and O–H groups in total. The molecule has 1 saturated heterocycles. The van der Waals surface area contributed by atoms with Gasteiger partial charge < -0.3 is 9.80 Å². The fraction of sp³-hybridized carbons (Fsp3) is 0.800. The summed E-state index contributed by atoms with van der Waals surface area (Å²) in [6.45, 7) is 8.93. The lowest BCUT2D eigenvalue weighted by molar-refractivity contribution is 0.181. The standard InChI is InChI=1S/C6H14N2.C4H8/c1-7-3-5-8(2)6-4-7;1-3-4-2/h3-6H2,1-2H3;3-4H,1-2H3/b;4-3-. The van der Waals surface area contributed by atoms with Crippen molar-refractivity contribution < 1.29 is 0 Å². The summed E-state index contributed by atoms with van der Waals surface area (Å²) in [4.78, 5) is 4.72. The monoisotopic (exact) mass is 170 g/mol. The maximum absolute atomic E-state index is 2.36. The van der Waals surface area contributed by atoms with Crippen LogP contribution in [0.15, 0.2) is 12.2 Å². The molecule has 0 spiro atoms. The summed E-state index contributed by atoms with van der Waals surface area (Å²) in [7, 11) is 4.35. The molecule has 12 heavy (non-hydrogen) atoms. The van der Waals surface area contributed by atoms with Gasteiger partial charge in [0.2, 0.25) is 0 Å². The van der Waals surface area contributed by atoms with Gasteiger partial charge in [-0.2, -0.15) is 0 Å². The van der Waals surface area contributed by atoms with Crippen molar-refractivity contribution in [1.82, 2.24) is 9.80 Å². The highest BCUT2D eigenvalue weighted by Gasteiger charge is 2.07. The molecule has 1 heterocycles. The molecule has 0 radical (unpaired) electrons. The van der Waals surface area contributed by atoms with Crippen molar-refractivity contribution in [2.45, 2.75) is 13.8 Å². The topological polar surface area (TPSA) is 6.48 Å². The molecule has 72 valence electrons. The van der Waals surface area contributed by atoms with E-state index in [1.165, 1.54) is 26.2 Å². The summed E-state index contributed by atoms with van der Waals surface area (Å²) < 4.78 is 0. The van der Waals surface area contributed by atoms with Crippen molar-refractivity contribution in [2.24, 2.45) is 0 Å². The minimum atomic E-state index is 1.23. The van der Waals surface area contributed by atoms with Gasteiger partial charge in [-0.1, -0.05) is 12.2 Å². The van der Waals surface area contributed by atoms with Gasteiger partial charge in [-0.15, -0.1) is 0 Å². The summed E-state index contributed by atoms with van der Waals surface area (Å²) >= 11 is 0. The number of allylic oxidation sites excluding steroid dienone is 2. The van der Waals surface area contributed by atoms with Crippen LogP contribution >= 0.6 is 0 Å². The minimum absolute atomic E-state index is 1.23. The fourth-order valence-electron chi connectivity index (χ4n) is 0.906. The smallest absolute Gasteiger partial charge is 0.0107 e. The van der Waals surface area contributed by atoms with E-state index in [9.17, 15) is 0 Å². The van der Waals surface area contributed by atoms with Crippen LogP contribution in [0.4, 0.5) is 0 Å². The van der Waals surface area contributed by atoms with Crippen LogP contribution in [-0.2, 0) is 0 Å². The Morgan fingerprint density at radius 3 is 1.17 bits per heavy atom. The number of hydrogen-bond acceptors (Lipinski definition) is 2. The van der Waals surface area contributed by atoms with Gasteiger partial charge in [0.05, 0.1) is 0 Å². The van der Waals surface area contributed by atoms with Crippen molar-refractivity contribution in [3.63, 3.8) is 0 Å². The Labute approximate surface area is 76.9 Å². The zero-order chi connectivity index (χ0) is 9.40. The zero-order valence-electron chi connectivity index (χ0n) is 8.88. The van der Waals surface area contributed by atoms with Crippen LogP contribution in [0.2, 0.25) is 0 Å². The first-order valence-electron chi connectivity index (χ1n) is 4.65. The highest BCUT2D eigenvalue weighted by atomic mass is 15.2. The molecule has 0 aromatic heterocycles. The zero-order valence-corrected chi connectivity index (χ0v) is 8.88. The second kappa shape index (κ2) is 7.32. The van der Waals surface area contributed by atoms with Crippen LogP contribution in [0.5, 0.6) is 0 Å². The Balaban J connectivity index is 0.000000261. The highest BCUT2D eigenvalue weighted by molar-refractivity contribution is 4.68. The third-order valence-electron chi connectivity index (χ3n) is 2.06. The number of hydrogen-bond donors (Lipinski definition) is 0. The summed E-state index contributed by atoms with van der Waals surface area (Å²) in [6, 6.07) is 0. The summed E-state index contributed by atoms with van der Waals surface area (Å²) in [5.41, 5.74) is 0. The third-order valence-corrected chi connectivity index (χ3v) is 2.06. The van der Waals surface area contributed by atoms with Gasteiger partial charge >= 0.3 is 0 Å². The molecule has 0 aromatic rings. The van der Waals surface area contributed by atoms with Crippen LogP contribution in [0.25, 0.3) is 0 Å². The number of rotatable bonds is 0. The van der Waals surface area contributed by atoms with Gasteiger partial charge in [0.25, 0.3) is 0 Å². The summed E-state index contributed by atoms with van der Waals surface area (Å²) in [5, 5.41) is 0. The van der Waals surface area contributed by atoms with E-state index in [2.05, 4.69) is 23.9 Å². The lowest BCUT2D eigenvalue weighted by atomic mass is 10.4. The second-order valence-corrected chi connectivity index (χ2v) is 3.27. The molecule has 0 atom stereocenters. The fourth-order valence-corrected chi connectivity index (χ4v) is 0.906. The normalized spacial score (nSPS) is 20.7. The van der Waals surface area contributed by atoms with E-state index in [0.717, 1.165) is 0 Å². The van der Waals surface area contributed by atoms with Gasteiger partial charge in [-0.05, 0) is 27.9 Å². The molecule has 0 unspecified atom stereocenters. The van der Waals surface area contributed by atoms with Crippen molar-refractivity contribution in [3.8, 4) is 0 Å². The van der Waals surface area contributed by atoms with Crippen LogP contribution in [0, 0.1) is 0 Å². The molecule has 2 heteroatoms. The first-order chi connectivity index (χ1) is 5.70. The van der Waals surface area contributed by atoms with Crippen molar-refractivity contribution in [2.75, 3.05) is 40.3 Å². The SMILES string of the molecule is C/C=C\C.CN1CCN(C)CC1. The molecule has 0 saturated carbocycles. The molecular weight excluding hydrogens is 148 g/mol. The molecule has 1 fully saturated rings. The van der Waals surface area contributed by atoms with E-state index in [-0.39, 0.29) is 0 Å². The Morgan fingerprint density at radius 1 is 0.750 bits per heavy atom. The minimum Gasteiger partial charge on any atom is -0.304 e. The van der Waals surface area contributed by atoms with Gasteiger partial charge in [0.15, 0.2) is 0 Å². The molecule has 0 aromatic carbocycles. The van der Waals surface area contributed by atoms with E-state index < -0.39 is 0 Å². The van der Waals surface area contributed by atoms with E-state index in [1.54, 1.807) is 0 Å². The molecule has 0 bridgehead atoms. The van der Waals surface area contributed by atoms with Gasteiger partial charge in [0, 0.05) is 26.2 Å².